The average Bonchev–Trinajstić information content (AvgIpc) is 3.02. The third kappa shape index (κ3) is 3.48. The first kappa shape index (κ1) is 17.7. The summed E-state index contributed by atoms with van der Waals surface area (Å²) in [6.45, 7) is 7.01. The zero-order valence-corrected chi connectivity index (χ0v) is 14.7. The van der Waals surface area contributed by atoms with Crippen LogP contribution in [0.4, 0.5) is 4.79 Å². The van der Waals surface area contributed by atoms with Crippen LogP contribution in [0.1, 0.15) is 33.3 Å². The van der Waals surface area contributed by atoms with E-state index < -0.39 is 17.2 Å². The molecule has 0 fully saturated rings. The third-order valence-corrected chi connectivity index (χ3v) is 3.84. The number of aromatic amines is 1. The number of nitrogens with one attached hydrogen (secondary N) is 1. The number of benzene rings is 1. The second kappa shape index (κ2) is 6.47. The molecule has 6 nitrogen and oxygen atoms in total. The minimum atomic E-state index is -1.21. The molecule has 0 bridgehead atoms. The predicted octanol–water partition coefficient (Wildman–Crippen LogP) is 3.36. The Labute approximate surface area is 141 Å². The molecule has 0 saturated heterocycles. The molecule has 1 amide bonds. The Balaban J connectivity index is 2.43. The molecule has 1 N–H and O–H groups in total. The SMILES string of the molecule is CN(C(=O)OC(C)(C)C)C(C)(C=O)c1cn[nH]c1-c1ccccc1. The highest BCUT2D eigenvalue weighted by Gasteiger charge is 2.39. The van der Waals surface area contributed by atoms with Crippen molar-refractivity contribution in [3.05, 3.63) is 42.1 Å². The van der Waals surface area contributed by atoms with Gasteiger partial charge < -0.3 is 9.53 Å². The van der Waals surface area contributed by atoms with Gasteiger partial charge in [0.05, 0.1) is 11.9 Å². The fourth-order valence-electron chi connectivity index (χ4n) is 2.34. The molecule has 24 heavy (non-hydrogen) atoms. The van der Waals surface area contributed by atoms with Gasteiger partial charge in [0, 0.05) is 12.6 Å². The van der Waals surface area contributed by atoms with E-state index in [2.05, 4.69) is 10.2 Å². The second-order valence-electron chi connectivity index (χ2n) is 6.83. The van der Waals surface area contributed by atoms with E-state index in [4.69, 9.17) is 4.74 Å². The van der Waals surface area contributed by atoms with Gasteiger partial charge in [-0.1, -0.05) is 30.3 Å². The van der Waals surface area contributed by atoms with Crippen molar-refractivity contribution in [2.45, 2.75) is 38.8 Å². The first-order valence-corrected chi connectivity index (χ1v) is 7.71. The summed E-state index contributed by atoms with van der Waals surface area (Å²) in [4.78, 5) is 25.6. The van der Waals surface area contributed by atoms with Gasteiger partial charge >= 0.3 is 6.09 Å². The molecule has 128 valence electrons. The number of hydrogen-bond donors (Lipinski definition) is 1. The summed E-state index contributed by atoms with van der Waals surface area (Å²) >= 11 is 0. The summed E-state index contributed by atoms with van der Waals surface area (Å²) in [5, 5.41) is 6.98. The number of ether oxygens (including phenoxy) is 1. The van der Waals surface area contributed by atoms with Crippen LogP contribution < -0.4 is 0 Å². The van der Waals surface area contributed by atoms with Crippen molar-refractivity contribution < 1.29 is 14.3 Å². The molecule has 1 unspecified atom stereocenters. The highest BCUT2D eigenvalue weighted by atomic mass is 16.6. The monoisotopic (exact) mass is 329 g/mol. The Hall–Kier alpha value is -2.63. The summed E-state index contributed by atoms with van der Waals surface area (Å²) < 4.78 is 5.39. The molecule has 1 heterocycles. The molecule has 0 spiro atoms. The van der Waals surface area contributed by atoms with E-state index in [0.717, 1.165) is 11.8 Å². The van der Waals surface area contributed by atoms with E-state index in [1.54, 1.807) is 40.9 Å². The van der Waals surface area contributed by atoms with Gasteiger partial charge in [-0.05, 0) is 33.3 Å². The van der Waals surface area contributed by atoms with Crippen LogP contribution >= 0.6 is 0 Å². The molecule has 2 rings (SSSR count). The van der Waals surface area contributed by atoms with Crippen molar-refractivity contribution in [2.75, 3.05) is 7.05 Å². The van der Waals surface area contributed by atoms with Crippen LogP contribution in [0.2, 0.25) is 0 Å². The Bertz CT molecular complexity index is 719. The molecule has 1 aromatic carbocycles. The molecule has 0 saturated carbocycles. The van der Waals surface area contributed by atoms with Crippen LogP contribution in [0.3, 0.4) is 0 Å². The molecule has 1 aromatic heterocycles. The maximum Gasteiger partial charge on any atom is 0.411 e. The first-order valence-electron chi connectivity index (χ1n) is 7.71. The molecular weight excluding hydrogens is 306 g/mol. The van der Waals surface area contributed by atoms with Gasteiger partial charge in [-0.2, -0.15) is 5.10 Å². The maximum absolute atomic E-state index is 12.4. The Kier molecular flexibility index (Phi) is 4.78. The number of nitrogens with zero attached hydrogens (tertiary/aromatic N) is 2. The van der Waals surface area contributed by atoms with Crippen LogP contribution in [0.5, 0.6) is 0 Å². The normalized spacial score (nSPS) is 13.9. The zero-order valence-electron chi connectivity index (χ0n) is 14.7. The smallest absolute Gasteiger partial charge is 0.411 e. The van der Waals surface area contributed by atoms with Crippen molar-refractivity contribution in [1.82, 2.24) is 15.1 Å². The zero-order chi connectivity index (χ0) is 18.0. The lowest BCUT2D eigenvalue weighted by molar-refractivity contribution is -0.117. The summed E-state index contributed by atoms with van der Waals surface area (Å²) in [5.41, 5.74) is 0.335. The van der Waals surface area contributed by atoms with E-state index in [9.17, 15) is 9.59 Å². The number of aldehydes is 1. The van der Waals surface area contributed by atoms with E-state index >= 15 is 0 Å². The van der Waals surface area contributed by atoms with E-state index in [1.165, 1.54) is 4.90 Å². The number of carbonyl (C=O) groups excluding carboxylic acids is 2. The molecule has 0 aliphatic heterocycles. The van der Waals surface area contributed by atoms with E-state index in [-0.39, 0.29) is 0 Å². The van der Waals surface area contributed by atoms with Crippen molar-refractivity contribution in [2.24, 2.45) is 0 Å². The summed E-state index contributed by atoms with van der Waals surface area (Å²) in [6.07, 6.45) is 1.73. The highest BCUT2D eigenvalue weighted by molar-refractivity contribution is 5.81. The van der Waals surface area contributed by atoms with Gasteiger partial charge in [-0.25, -0.2) is 4.79 Å². The predicted molar refractivity (Wildman–Crippen MR) is 91.4 cm³/mol. The summed E-state index contributed by atoms with van der Waals surface area (Å²) in [5.74, 6) is 0. The van der Waals surface area contributed by atoms with Crippen LogP contribution in [0, 0.1) is 0 Å². The van der Waals surface area contributed by atoms with Crippen LogP contribution in [-0.4, -0.2) is 40.1 Å². The Morgan fingerprint density at radius 1 is 1.21 bits per heavy atom. The number of carbonyl (C=O) groups is 2. The maximum atomic E-state index is 12.4. The lowest BCUT2D eigenvalue weighted by atomic mass is 9.90. The molecule has 0 radical (unpaired) electrons. The van der Waals surface area contributed by atoms with Crippen LogP contribution in [-0.2, 0) is 15.1 Å². The molecule has 0 aliphatic carbocycles. The molecule has 1 atom stereocenters. The van der Waals surface area contributed by atoms with Gasteiger partial charge in [0.2, 0.25) is 0 Å². The molecular formula is C18H23N3O3. The topological polar surface area (TPSA) is 75.3 Å². The van der Waals surface area contributed by atoms with Gasteiger partial charge in [0.15, 0.2) is 0 Å². The van der Waals surface area contributed by atoms with Gasteiger partial charge in [-0.15, -0.1) is 0 Å². The Morgan fingerprint density at radius 2 is 1.83 bits per heavy atom. The quantitative estimate of drug-likeness (QED) is 0.873. The van der Waals surface area contributed by atoms with Gasteiger partial charge in [0.25, 0.3) is 0 Å². The van der Waals surface area contributed by atoms with E-state index in [0.29, 0.717) is 11.3 Å². The summed E-state index contributed by atoms with van der Waals surface area (Å²) in [7, 11) is 1.55. The van der Waals surface area contributed by atoms with Crippen LogP contribution in [0.15, 0.2) is 36.5 Å². The number of likely N-dealkylation sites (N-methyl/N-ethyl adjacent to an activating group) is 1. The fraction of sp³-hybridized carbons (Fsp3) is 0.389. The number of rotatable bonds is 4. The van der Waals surface area contributed by atoms with Crippen molar-refractivity contribution in [1.29, 1.82) is 0 Å². The van der Waals surface area contributed by atoms with Crippen molar-refractivity contribution in [3.8, 4) is 11.3 Å². The van der Waals surface area contributed by atoms with Gasteiger partial charge in [0.1, 0.15) is 17.4 Å². The Morgan fingerprint density at radius 3 is 2.38 bits per heavy atom. The number of aromatic nitrogens is 2. The van der Waals surface area contributed by atoms with Crippen molar-refractivity contribution >= 4 is 12.4 Å². The summed E-state index contributed by atoms with van der Waals surface area (Å²) in [6, 6.07) is 9.53. The molecule has 2 aromatic rings. The fourth-order valence-corrected chi connectivity index (χ4v) is 2.34. The minimum absolute atomic E-state index is 0.572. The number of amides is 1. The van der Waals surface area contributed by atoms with Gasteiger partial charge in [-0.3, -0.25) is 10.00 Å². The standard InChI is InChI=1S/C18H23N3O3/c1-17(2,3)24-16(23)21(5)18(4,12-22)14-11-19-20-15(14)13-9-7-6-8-10-13/h6-12H,1-5H3,(H,19,20). The lowest BCUT2D eigenvalue weighted by Gasteiger charge is -2.35. The highest BCUT2D eigenvalue weighted by Crippen LogP contribution is 2.33. The largest absolute Gasteiger partial charge is 0.444 e. The molecule has 6 heteroatoms. The third-order valence-electron chi connectivity index (χ3n) is 3.84. The average molecular weight is 329 g/mol. The van der Waals surface area contributed by atoms with Crippen molar-refractivity contribution in [3.63, 3.8) is 0 Å². The van der Waals surface area contributed by atoms with E-state index in [1.807, 2.05) is 30.3 Å². The number of H-pyrrole nitrogens is 1. The lowest BCUT2D eigenvalue weighted by Crippen LogP contribution is -2.48. The second-order valence-corrected chi connectivity index (χ2v) is 6.83. The minimum Gasteiger partial charge on any atom is -0.444 e. The number of hydrogen-bond acceptors (Lipinski definition) is 4. The first-order chi connectivity index (χ1) is 11.2. The molecule has 0 aliphatic rings. The van der Waals surface area contributed by atoms with Crippen LogP contribution in [0.25, 0.3) is 11.3 Å².